The van der Waals surface area contributed by atoms with Gasteiger partial charge in [-0.1, -0.05) is 37.3 Å². The second-order valence-electron chi connectivity index (χ2n) is 3.91. The molecule has 1 aromatic carbocycles. The van der Waals surface area contributed by atoms with Crippen molar-refractivity contribution in [2.24, 2.45) is 5.92 Å². The fourth-order valence-corrected chi connectivity index (χ4v) is 1.85. The first kappa shape index (κ1) is 14.4. The molecule has 98 valence electrons. The molecule has 1 aromatic rings. The summed E-state index contributed by atoms with van der Waals surface area (Å²) in [6.07, 6.45) is -0.326. The normalized spacial score (nSPS) is 13.7. The second-order valence-corrected chi connectivity index (χ2v) is 3.91. The summed E-state index contributed by atoms with van der Waals surface area (Å²) in [6, 6.07) is 9.12. The Balaban J connectivity index is 2.95. The molecule has 0 spiro atoms. The van der Waals surface area contributed by atoms with Gasteiger partial charge in [-0.15, -0.1) is 0 Å². The van der Waals surface area contributed by atoms with Crippen molar-refractivity contribution < 1.29 is 19.1 Å². The van der Waals surface area contributed by atoms with Gasteiger partial charge in [0.05, 0.1) is 7.11 Å². The maximum Gasteiger partial charge on any atom is 0.316 e. The minimum atomic E-state index is -0.778. The molecule has 4 nitrogen and oxygen atoms in total. The number of hydrogen-bond donors (Lipinski definition) is 0. The van der Waals surface area contributed by atoms with E-state index in [2.05, 4.69) is 4.74 Å². The minimum Gasteiger partial charge on any atom is -0.468 e. The van der Waals surface area contributed by atoms with Gasteiger partial charge in [0.25, 0.3) is 0 Å². The van der Waals surface area contributed by atoms with Gasteiger partial charge in [0, 0.05) is 7.11 Å². The molecule has 0 heterocycles. The number of ketones is 1. The molecule has 4 heteroatoms. The smallest absolute Gasteiger partial charge is 0.316 e. The van der Waals surface area contributed by atoms with E-state index in [9.17, 15) is 9.59 Å². The van der Waals surface area contributed by atoms with Crippen LogP contribution >= 0.6 is 0 Å². The van der Waals surface area contributed by atoms with Crippen LogP contribution < -0.4 is 0 Å². The highest BCUT2D eigenvalue weighted by Gasteiger charge is 2.32. The fourth-order valence-electron chi connectivity index (χ4n) is 1.85. The molecule has 0 saturated carbocycles. The molecule has 18 heavy (non-hydrogen) atoms. The molecule has 0 N–H and O–H groups in total. The summed E-state index contributed by atoms with van der Waals surface area (Å²) in [4.78, 5) is 23.8. The Labute approximate surface area is 107 Å². The lowest BCUT2D eigenvalue weighted by Crippen LogP contribution is -2.30. The van der Waals surface area contributed by atoms with E-state index in [1.807, 2.05) is 18.2 Å². The standard InChI is InChI=1S/C14H18O4/c1-4-11(14(16)18-3)12(15)13(17-2)10-8-6-5-7-9-10/h5-9,11,13H,4H2,1-3H3. The molecule has 0 radical (unpaired) electrons. The van der Waals surface area contributed by atoms with E-state index in [0.29, 0.717) is 6.42 Å². The molecule has 0 aliphatic carbocycles. The van der Waals surface area contributed by atoms with Crippen molar-refractivity contribution in [1.82, 2.24) is 0 Å². The summed E-state index contributed by atoms with van der Waals surface area (Å²) in [5.74, 6) is -1.56. The van der Waals surface area contributed by atoms with Crippen molar-refractivity contribution >= 4 is 11.8 Å². The van der Waals surface area contributed by atoms with Crippen LogP contribution in [0.25, 0.3) is 0 Å². The van der Waals surface area contributed by atoms with E-state index in [1.165, 1.54) is 14.2 Å². The van der Waals surface area contributed by atoms with Crippen LogP contribution in [0.15, 0.2) is 30.3 Å². The lowest BCUT2D eigenvalue weighted by atomic mass is 9.93. The Hall–Kier alpha value is -1.68. The Morgan fingerprint density at radius 3 is 2.22 bits per heavy atom. The average Bonchev–Trinajstić information content (AvgIpc) is 2.41. The average molecular weight is 250 g/mol. The molecule has 0 saturated heterocycles. The SMILES string of the molecule is CCC(C(=O)OC)C(=O)C(OC)c1ccccc1. The van der Waals surface area contributed by atoms with E-state index in [4.69, 9.17) is 4.74 Å². The summed E-state index contributed by atoms with van der Waals surface area (Å²) < 4.78 is 9.86. The third-order valence-electron chi connectivity index (χ3n) is 2.83. The van der Waals surface area contributed by atoms with Crippen LogP contribution in [0.2, 0.25) is 0 Å². The van der Waals surface area contributed by atoms with Crippen molar-refractivity contribution in [3.05, 3.63) is 35.9 Å². The molecule has 0 aliphatic heterocycles. The highest BCUT2D eigenvalue weighted by molar-refractivity contribution is 6.01. The topological polar surface area (TPSA) is 52.6 Å². The van der Waals surface area contributed by atoms with E-state index in [0.717, 1.165) is 5.56 Å². The van der Waals surface area contributed by atoms with Crippen LogP contribution in [-0.2, 0) is 19.1 Å². The summed E-state index contributed by atoms with van der Waals surface area (Å²) in [7, 11) is 2.74. The molecular formula is C14H18O4. The number of rotatable bonds is 6. The van der Waals surface area contributed by atoms with Crippen molar-refractivity contribution in [3.8, 4) is 0 Å². The van der Waals surface area contributed by atoms with Crippen LogP contribution in [0, 0.1) is 5.92 Å². The van der Waals surface area contributed by atoms with E-state index in [-0.39, 0.29) is 5.78 Å². The lowest BCUT2D eigenvalue weighted by Gasteiger charge is -2.19. The van der Waals surface area contributed by atoms with Gasteiger partial charge in [-0.2, -0.15) is 0 Å². The maximum atomic E-state index is 12.3. The van der Waals surface area contributed by atoms with Gasteiger partial charge in [-0.25, -0.2) is 0 Å². The fraction of sp³-hybridized carbons (Fsp3) is 0.429. The quantitative estimate of drug-likeness (QED) is 0.573. The summed E-state index contributed by atoms with van der Waals surface area (Å²) in [5.41, 5.74) is 0.743. The Kier molecular flexibility index (Phi) is 5.52. The van der Waals surface area contributed by atoms with Gasteiger partial charge in [0.1, 0.15) is 12.0 Å². The molecule has 2 unspecified atom stereocenters. The predicted octanol–water partition coefficient (Wildman–Crippen LogP) is 2.14. The first-order valence-corrected chi connectivity index (χ1v) is 5.85. The molecular weight excluding hydrogens is 232 g/mol. The molecule has 0 bridgehead atoms. The number of methoxy groups -OCH3 is 2. The van der Waals surface area contributed by atoms with Gasteiger partial charge in [0.15, 0.2) is 5.78 Å². The first-order chi connectivity index (χ1) is 8.65. The molecule has 2 atom stereocenters. The zero-order chi connectivity index (χ0) is 13.5. The van der Waals surface area contributed by atoms with Crippen LogP contribution in [0.3, 0.4) is 0 Å². The summed E-state index contributed by atoms with van der Waals surface area (Å²) in [6.45, 7) is 1.78. The summed E-state index contributed by atoms with van der Waals surface area (Å²) >= 11 is 0. The first-order valence-electron chi connectivity index (χ1n) is 5.85. The minimum absolute atomic E-state index is 0.266. The van der Waals surface area contributed by atoms with Crippen LogP contribution in [-0.4, -0.2) is 26.0 Å². The Morgan fingerprint density at radius 2 is 1.78 bits per heavy atom. The number of esters is 1. The zero-order valence-electron chi connectivity index (χ0n) is 10.9. The lowest BCUT2D eigenvalue weighted by molar-refractivity contribution is -0.152. The highest BCUT2D eigenvalue weighted by Crippen LogP contribution is 2.23. The van der Waals surface area contributed by atoms with Gasteiger partial charge in [-0.3, -0.25) is 9.59 Å². The zero-order valence-corrected chi connectivity index (χ0v) is 10.9. The number of carbonyl (C=O) groups excluding carboxylic acids is 2. The van der Waals surface area contributed by atoms with Gasteiger partial charge in [-0.05, 0) is 12.0 Å². The largest absolute Gasteiger partial charge is 0.468 e. The molecule has 1 rings (SSSR count). The third kappa shape index (κ3) is 3.17. The third-order valence-corrected chi connectivity index (χ3v) is 2.83. The monoisotopic (exact) mass is 250 g/mol. The number of Topliss-reactive ketones (excluding diaryl/α,β-unsaturated/α-hetero) is 1. The van der Waals surface area contributed by atoms with Crippen molar-refractivity contribution in [2.75, 3.05) is 14.2 Å². The highest BCUT2D eigenvalue weighted by atomic mass is 16.5. The van der Waals surface area contributed by atoms with E-state index in [1.54, 1.807) is 19.1 Å². The van der Waals surface area contributed by atoms with Gasteiger partial charge >= 0.3 is 5.97 Å². The molecule has 0 aromatic heterocycles. The van der Waals surface area contributed by atoms with Gasteiger partial charge in [0.2, 0.25) is 0 Å². The molecule has 0 amide bonds. The van der Waals surface area contributed by atoms with Crippen molar-refractivity contribution in [1.29, 1.82) is 0 Å². The van der Waals surface area contributed by atoms with Crippen LogP contribution in [0.4, 0.5) is 0 Å². The van der Waals surface area contributed by atoms with E-state index < -0.39 is 18.0 Å². The van der Waals surface area contributed by atoms with Gasteiger partial charge < -0.3 is 9.47 Å². The number of hydrogen-bond acceptors (Lipinski definition) is 4. The number of benzene rings is 1. The van der Waals surface area contributed by atoms with Crippen LogP contribution in [0.1, 0.15) is 25.0 Å². The summed E-state index contributed by atoms with van der Waals surface area (Å²) in [5, 5.41) is 0. The number of ether oxygens (including phenoxy) is 2. The second kappa shape index (κ2) is 6.91. The van der Waals surface area contributed by atoms with E-state index >= 15 is 0 Å². The van der Waals surface area contributed by atoms with Crippen molar-refractivity contribution in [2.45, 2.75) is 19.4 Å². The maximum absolute atomic E-state index is 12.3. The number of carbonyl (C=O) groups is 2. The Bertz CT molecular complexity index is 400. The molecule has 0 fully saturated rings. The molecule has 0 aliphatic rings. The Morgan fingerprint density at radius 1 is 1.17 bits per heavy atom. The predicted molar refractivity (Wildman–Crippen MR) is 67.0 cm³/mol. The van der Waals surface area contributed by atoms with Crippen LogP contribution in [0.5, 0.6) is 0 Å². The van der Waals surface area contributed by atoms with Crippen molar-refractivity contribution in [3.63, 3.8) is 0 Å².